The Morgan fingerprint density at radius 1 is 0.891 bits per heavy atom. The van der Waals surface area contributed by atoms with Crippen LogP contribution >= 0.6 is 0 Å². The first kappa shape index (κ1) is 42.8. The second-order valence-corrected chi connectivity index (χ2v) is 18.1. The van der Waals surface area contributed by atoms with Crippen molar-refractivity contribution in [3.05, 3.63) is 89.2 Å². The molecule has 1 unspecified atom stereocenters. The number of pyridine rings is 2. The Labute approximate surface area is 372 Å². The molecule has 6 heterocycles. The summed E-state index contributed by atoms with van der Waals surface area (Å²) >= 11 is 0. The molecule has 16 nitrogen and oxygen atoms in total. The zero-order valence-electron chi connectivity index (χ0n) is 36.4. The van der Waals surface area contributed by atoms with Gasteiger partial charge in [-0.15, -0.1) is 0 Å². The number of amides is 5. The number of benzene rings is 2. The highest BCUT2D eigenvalue weighted by Crippen LogP contribution is 2.34. The molecule has 332 valence electrons. The topological polar surface area (TPSA) is 184 Å². The molecule has 0 spiro atoms. The molecule has 0 bridgehead atoms. The van der Waals surface area contributed by atoms with Crippen molar-refractivity contribution in [2.24, 2.45) is 5.92 Å². The highest BCUT2D eigenvalue weighted by Gasteiger charge is 2.45. The molecule has 2 aromatic heterocycles. The standard InChI is InChI=1S/C48H54N10O6/c1-54(2)28-35-29-57(34-9-12-37-39(24-34)48(63)58(47(37)62)40-13-16-43(59)53-46(40)61)23-22-56(35)27-30-17-20-55(21-18-30)42-15-6-32(26-51-42)45(60)52-33-7-10-36(11-8-33)64-41-14-5-31(25-49)44-38(41)4-3-19-50-44/h3-6,9,12,14-15,19,24,26,30,33,35-36,40H,7-8,10-11,13,16-18,20-23,27-29H2,1-2H3,(H,52,60)(H,53,59,61)/t33-,35-,36-,40?/m1/s1. The highest BCUT2D eigenvalue weighted by molar-refractivity contribution is 6.23. The van der Waals surface area contributed by atoms with Crippen LogP contribution in [-0.4, -0.2) is 138 Å². The van der Waals surface area contributed by atoms with Crippen molar-refractivity contribution in [3.8, 4) is 11.8 Å². The summed E-state index contributed by atoms with van der Waals surface area (Å²) in [5, 5.41) is 15.8. The summed E-state index contributed by atoms with van der Waals surface area (Å²) in [5.41, 5.74) is 3.18. The van der Waals surface area contributed by atoms with Gasteiger partial charge in [-0.3, -0.25) is 44.1 Å². The van der Waals surface area contributed by atoms with Gasteiger partial charge in [0.15, 0.2) is 0 Å². The molecule has 64 heavy (non-hydrogen) atoms. The van der Waals surface area contributed by atoms with Crippen molar-refractivity contribution in [1.29, 1.82) is 5.26 Å². The highest BCUT2D eigenvalue weighted by atomic mass is 16.5. The second kappa shape index (κ2) is 18.3. The predicted molar refractivity (Wildman–Crippen MR) is 239 cm³/mol. The van der Waals surface area contributed by atoms with E-state index >= 15 is 0 Å². The molecule has 16 heteroatoms. The second-order valence-electron chi connectivity index (χ2n) is 18.1. The minimum atomic E-state index is -0.989. The first-order valence-corrected chi connectivity index (χ1v) is 22.5. The molecular formula is C48H54N10O6. The van der Waals surface area contributed by atoms with Crippen LogP contribution < -0.4 is 25.2 Å². The fourth-order valence-corrected chi connectivity index (χ4v) is 10.1. The summed E-state index contributed by atoms with van der Waals surface area (Å²) < 4.78 is 6.38. The number of hydrogen-bond acceptors (Lipinski definition) is 13. The maximum absolute atomic E-state index is 13.5. The Kier molecular flexibility index (Phi) is 12.3. The molecule has 4 fully saturated rings. The number of rotatable bonds is 11. The van der Waals surface area contributed by atoms with E-state index in [-0.39, 0.29) is 42.5 Å². The van der Waals surface area contributed by atoms with E-state index in [1.54, 1.807) is 30.6 Å². The molecule has 5 amide bonds. The molecule has 2 N–H and O–H groups in total. The third-order valence-electron chi connectivity index (χ3n) is 13.6. The van der Waals surface area contributed by atoms with Gasteiger partial charge in [0.1, 0.15) is 23.7 Å². The monoisotopic (exact) mass is 866 g/mol. The molecule has 9 rings (SSSR count). The van der Waals surface area contributed by atoms with Crippen LogP contribution in [0, 0.1) is 17.2 Å². The van der Waals surface area contributed by atoms with Gasteiger partial charge in [-0.1, -0.05) is 0 Å². The molecule has 2 atom stereocenters. The number of imide groups is 2. The number of aromatic nitrogens is 2. The average molecular weight is 867 g/mol. The van der Waals surface area contributed by atoms with Gasteiger partial charge in [0, 0.05) is 87.8 Å². The summed E-state index contributed by atoms with van der Waals surface area (Å²) in [4.78, 5) is 83.9. The summed E-state index contributed by atoms with van der Waals surface area (Å²) in [5.74, 6) is 0.0281. The van der Waals surface area contributed by atoms with Crippen LogP contribution in [-0.2, 0) is 9.59 Å². The Bertz CT molecular complexity index is 2490. The Morgan fingerprint density at radius 2 is 1.69 bits per heavy atom. The molecule has 4 aromatic rings. The van der Waals surface area contributed by atoms with Gasteiger partial charge in [0.2, 0.25) is 11.8 Å². The lowest BCUT2D eigenvalue weighted by Gasteiger charge is -2.45. The average Bonchev–Trinajstić information content (AvgIpc) is 3.55. The molecule has 5 aliphatic rings. The maximum atomic E-state index is 13.5. The summed E-state index contributed by atoms with van der Waals surface area (Å²) in [6, 6.07) is 18.1. The van der Waals surface area contributed by atoms with Crippen LogP contribution in [0.15, 0.2) is 67.0 Å². The van der Waals surface area contributed by atoms with Gasteiger partial charge in [-0.2, -0.15) is 5.26 Å². The molecule has 0 radical (unpaired) electrons. The predicted octanol–water partition coefficient (Wildman–Crippen LogP) is 3.99. The lowest BCUT2D eigenvalue weighted by atomic mass is 9.92. The van der Waals surface area contributed by atoms with E-state index < -0.39 is 29.7 Å². The van der Waals surface area contributed by atoms with Crippen molar-refractivity contribution in [2.75, 3.05) is 69.7 Å². The van der Waals surface area contributed by atoms with Gasteiger partial charge in [-0.25, -0.2) is 4.98 Å². The third-order valence-corrected chi connectivity index (χ3v) is 13.6. The van der Waals surface area contributed by atoms with E-state index in [1.165, 1.54) is 0 Å². The number of hydrogen-bond donors (Lipinski definition) is 2. The van der Waals surface area contributed by atoms with E-state index in [0.717, 1.165) is 112 Å². The van der Waals surface area contributed by atoms with Crippen molar-refractivity contribution in [1.82, 2.24) is 35.3 Å². The number of carbonyl (C=O) groups excluding carboxylic acids is 5. The molecule has 1 aliphatic carbocycles. The Hall–Kier alpha value is -6.44. The zero-order chi connectivity index (χ0) is 44.5. The van der Waals surface area contributed by atoms with Crippen LogP contribution in [0.25, 0.3) is 10.9 Å². The number of carbonyl (C=O) groups is 5. The number of likely N-dealkylation sites (N-methyl/N-ethyl adjacent to an activating group) is 1. The van der Waals surface area contributed by atoms with Gasteiger partial charge >= 0.3 is 0 Å². The molecule has 2 aromatic carbocycles. The number of nitrogens with zero attached hydrogens (tertiary/aromatic N) is 8. The van der Waals surface area contributed by atoms with Crippen LogP contribution in [0.4, 0.5) is 11.5 Å². The summed E-state index contributed by atoms with van der Waals surface area (Å²) in [7, 11) is 4.17. The van der Waals surface area contributed by atoms with Crippen molar-refractivity contribution < 1.29 is 28.7 Å². The lowest BCUT2D eigenvalue weighted by molar-refractivity contribution is -0.136. The molecule has 4 aliphatic heterocycles. The first-order chi connectivity index (χ1) is 31.0. The number of piperidine rings is 2. The maximum Gasteiger partial charge on any atom is 0.262 e. The molecule has 3 saturated heterocycles. The van der Waals surface area contributed by atoms with E-state index in [1.807, 2.05) is 36.4 Å². The Balaban J connectivity index is 0.740. The number of fused-ring (bicyclic) bond motifs is 2. The van der Waals surface area contributed by atoms with Crippen molar-refractivity contribution >= 4 is 51.9 Å². The van der Waals surface area contributed by atoms with Crippen LogP contribution in [0.5, 0.6) is 5.75 Å². The zero-order valence-corrected chi connectivity index (χ0v) is 36.4. The molecular weight excluding hydrogens is 813 g/mol. The van der Waals surface area contributed by atoms with Crippen LogP contribution in [0.2, 0.25) is 0 Å². The van der Waals surface area contributed by atoms with Crippen molar-refractivity contribution in [3.63, 3.8) is 0 Å². The first-order valence-electron chi connectivity index (χ1n) is 22.5. The van der Waals surface area contributed by atoms with E-state index in [9.17, 15) is 29.2 Å². The Morgan fingerprint density at radius 3 is 2.42 bits per heavy atom. The van der Waals surface area contributed by atoms with E-state index in [2.05, 4.69) is 55.4 Å². The van der Waals surface area contributed by atoms with E-state index in [4.69, 9.17) is 9.72 Å². The minimum Gasteiger partial charge on any atom is -0.490 e. The normalized spacial score (nSPS) is 23.3. The summed E-state index contributed by atoms with van der Waals surface area (Å²) in [6.45, 7) is 6.04. The number of piperazine rings is 1. The largest absolute Gasteiger partial charge is 0.490 e. The number of nitrogens with one attached hydrogen (secondary N) is 2. The molecule has 1 saturated carbocycles. The van der Waals surface area contributed by atoms with Crippen LogP contribution in [0.1, 0.15) is 88.0 Å². The van der Waals surface area contributed by atoms with Gasteiger partial charge < -0.3 is 24.8 Å². The number of ether oxygens (including phenoxy) is 1. The number of nitriles is 1. The summed E-state index contributed by atoms with van der Waals surface area (Å²) in [6.07, 6.45) is 8.91. The van der Waals surface area contributed by atoms with Gasteiger partial charge in [0.25, 0.3) is 17.7 Å². The lowest BCUT2D eigenvalue weighted by Crippen LogP contribution is -2.58. The number of anilines is 2. The van der Waals surface area contributed by atoms with Crippen molar-refractivity contribution in [2.45, 2.75) is 75.6 Å². The third kappa shape index (κ3) is 8.87. The fourth-order valence-electron chi connectivity index (χ4n) is 10.1. The minimum absolute atomic E-state index is 0.0217. The van der Waals surface area contributed by atoms with Gasteiger partial charge in [-0.05, 0) is 120 Å². The van der Waals surface area contributed by atoms with E-state index in [0.29, 0.717) is 28.1 Å². The fraction of sp³-hybridized carbons (Fsp3) is 0.458. The van der Waals surface area contributed by atoms with Crippen LogP contribution in [0.3, 0.4) is 0 Å². The van der Waals surface area contributed by atoms with Gasteiger partial charge in [0.05, 0.1) is 33.9 Å². The SMILES string of the molecule is CN(C)C[C@@H]1CN(c2ccc3c(c2)C(=O)N(C2CCC(=O)NC2=O)C3=O)CCN1CC1CCN(c2ccc(C(=O)N[C@H]3CC[C@H](Oc4ccc(C#N)c5ncccc45)CC3)cn2)CC1. The smallest absolute Gasteiger partial charge is 0.262 e. The quantitative estimate of drug-likeness (QED) is 0.207.